The normalized spacial score (nSPS) is 13.5. The van der Waals surface area contributed by atoms with E-state index < -0.39 is 0 Å². The number of nitrogens with one attached hydrogen (secondary N) is 2. The molecular weight excluding hydrogens is 272 g/mol. The summed E-state index contributed by atoms with van der Waals surface area (Å²) in [5.41, 5.74) is 0.113. The number of rotatable bonds is 3. The maximum Gasteiger partial charge on any atom is 0.251 e. The molecule has 1 aromatic carbocycles. The van der Waals surface area contributed by atoms with Crippen molar-refractivity contribution in [1.82, 2.24) is 10.6 Å². The fraction of sp³-hybridized carbons (Fsp3) is 0.467. The fourth-order valence-electron chi connectivity index (χ4n) is 1.91. The summed E-state index contributed by atoms with van der Waals surface area (Å²) in [6, 6.07) is 4.95. The van der Waals surface area contributed by atoms with Gasteiger partial charge in [0.15, 0.2) is 11.5 Å². The van der Waals surface area contributed by atoms with E-state index in [0.717, 1.165) is 0 Å². The van der Waals surface area contributed by atoms with E-state index >= 15 is 0 Å². The molecule has 0 atom stereocenters. The summed E-state index contributed by atoms with van der Waals surface area (Å²) in [7, 11) is 0. The van der Waals surface area contributed by atoms with Crippen LogP contribution >= 0.6 is 0 Å². The van der Waals surface area contributed by atoms with Crippen LogP contribution in [0.25, 0.3) is 0 Å². The Kier molecular flexibility index (Phi) is 4.35. The zero-order valence-electron chi connectivity index (χ0n) is 12.5. The summed E-state index contributed by atoms with van der Waals surface area (Å²) in [6.07, 6.45) is 0. The summed E-state index contributed by atoms with van der Waals surface area (Å²) >= 11 is 0. The molecule has 6 heteroatoms. The van der Waals surface area contributed by atoms with Crippen LogP contribution in [-0.4, -0.2) is 37.1 Å². The van der Waals surface area contributed by atoms with Gasteiger partial charge in [-0.15, -0.1) is 0 Å². The smallest absolute Gasteiger partial charge is 0.251 e. The van der Waals surface area contributed by atoms with Crippen molar-refractivity contribution in [3.63, 3.8) is 0 Å². The third-order valence-corrected chi connectivity index (χ3v) is 2.73. The Hall–Kier alpha value is -2.24. The first kappa shape index (κ1) is 15.2. The number of carbonyl (C=O) groups excluding carboxylic acids is 2. The van der Waals surface area contributed by atoms with Gasteiger partial charge in [-0.3, -0.25) is 9.59 Å². The van der Waals surface area contributed by atoms with Gasteiger partial charge in [0.05, 0.1) is 6.54 Å². The first-order chi connectivity index (χ1) is 9.85. The van der Waals surface area contributed by atoms with Gasteiger partial charge >= 0.3 is 0 Å². The predicted octanol–water partition coefficient (Wildman–Crippen LogP) is 1.10. The first-order valence-corrected chi connectivity index (χ1v) is 6.84. The highest BCUT2D eigenvalue weighted by Crippen LogP contribution is 2.30. The second-order valence-corrected chi connectivity index (χ2v) is 5.84. The Morgan fingerprint density at radius 1 is 1.14 bits per heavy atom. The summed E-state index contributed by atoms with van der Waals surface area (Å²) < 4.78 is 10.8. The van der Waals surface area contributed by atoms with E-state index in [9.17, 15) is 9.59 Å². The lowest BCUT2D eigenvalue weighted by molar-refractivity contribution is -0.121. The van der Waals surface area contributed by atoms with Crippen molar-refractivity contribution in [2.45, 2.75) is 26.3 Å². The van der Waals surface area contributed by atoms with Crippen molar-refractivity contribution in [1.29, 1.82) is 0 Å². The number of ether oxygens (including phenoxy) is 2. The lowest BCUT2D eigenvalue weighted by atomic mass is 10.1. The fourth-order valence-corrected chi connectivity index (χ4v) is 1.91. The third kappa shape index (κ3) is 4.37. The van der Waals surface area contributed by atoms with E-state index in [2.05, 4.69) is 10.6 Å². The monoisotopic (exact) mass is 292 g/mol. The zero-order chi connectivity index (χ0) is 15.5. The van der Waals surface area contributed by atoms with Crippen LogP contribution in [0, 0.1) is 0 Å². The van der Waals surface area contributed by atoms with Gasteiger partial charge in [0.2, 0.25) is 5.91 Å². The van der Waals surface area contributed by atoms with Crippen LogP contribution in [0.15, 0.2) is 18.2 Å². The van der Waals surface area contributed by atoms with Gasteiger partial charge in [-0.25, -0.2) is 0 Å². The summed E-state index contributed by atoms with van der Waals surface area (Å²) in [6.45, 7) is 6.55. The molecule has 2 rings (SSSR count). The van der Waals surface area contributed by atoms with Crippen LogP contribution < -0.4 is 20.1 Å². The molecule has 0 bridgehead atoms. The summed E-state index contributed by atoms with van der Waals surface area (Å²) in [5, 5.41) is 5.36. The van der Waals surface area contributed by atoms with Crippen LogP contribution in [-0.2, 0) is 4.79 Å². The molecule has 2 N–H and O–H groups in total. The standard InChI is InChI=1S/C15H20N2O4/c1-15(2,3)17-13(18)9-16-14(19)10-4-5-11-12(8-10)21-7-6-20-11/h4-5,8H,6-7,9H2,1-3H3,(H,16,19)(H,17,18). The van der Waals surface area contributed by atoms with Crippen molar-refractivity contribution in [3.05, 3.63) is 23.8 Å². The highest BCUT2D eigenvalue weighted by molar-refractivity contribution is 5.97. The van der Waals surface area contributed by atoms with Crippen molar-refractivity contribution in [2.24, 2.45) is 0 Å². The maximum atomic E-state index is 12.0. The molecule has 0 spiro atoms. The first-order valence-electron chi connectivity index (χ1n) is 6.84. The van der Waals surface area contributed by atoms with E-state index in [1.807, 2.05) is 20.8 Å². The second kappa shape index (κ2) is 6.03. The summed E-state index contributed by atoms with van der Waals surface area (Å²) in [5.74, 6) is 0.626. The molecule has 1 aliphatic heterocycles. The van der Waals surface area contributed by atoms with Gasteiger partial charge in [0, 0.05) is 11.1 Å². The highest BCUT2D eigenvalue weighted by atomic mass is 16.6. The van der Waals surface area contributed by atoms with Crippen molar-refractivity contribution < 1.29 is 19.1 Å². The molecule has 0 saturated carbocycles. The van der Waals surface area contributed by atoms with Crippen molar-refractivity contribution >= 4 is 11.8 Å². The molecule has 0 aliphatic carbocycles. The van der Waals surface area contributed by atoms with E-state index in [1.54, 1.807) is 18.2 Å². The third-order valence-electron chi connectivity index (χ3n) is 2.73. The minimum absolute atomic E-state index is 0.0649. The van der Waals surface area contributed by atoms with Crippen LogP contribution in [0.5, 0.6) is 11.5 Å². The minimum Gasteiger partial charge on any atom is -0.486 e. The quantitative estimate of drug-likeness (QED) is 0.874. The van der Waals surface area contributed by atoms with Gasteiger partial charge in [-0.05, 0) is 39.0 Å². The zero-order valence-corrected chi connectivity index (χ0v) is 12.5. The molecule has 0 saturated heterocycles. The van der Waals surface area contributed by atoms with E-state index in [1.165, 1.54) is 0 Å². The van der Waals surface area contributed by atoms with Gasteiger partial charge in [0.25, 0.3) is 5.91 Å². The number of hydrogen-bond donors (Lipinski definition) is 2. The Morgan fingerprint density at radius 2 is 1.81 bits per heavy atom. The number of amides is 2. The number of benzene rings is 1. The van der Waals surface area contributed by atoms with Gasteiger partial charge in [0.1, 0.15) is 13.2 Å². The van der Waals surface area contributed by atoms with Crippen molar-refractivity contribution in [2.75, 3.05) is 19.8 Å². The summed E-state index contributed by atoms with van der Waals surface area (Å²) in [4.78, 5) is 23.7. The molecule has 6 nitrogen and oxygen atoms in total. The molecular formula is C15H20N2O4. The maximum absolute atomic E-state index is 12.0. The van der Waals surface area contributed by atoms with Crippen LogP contribution in [0.1, 0.15) is 31.1 Å². The SMILES string of the molecule is CC(C)(C)NC(=O)CNC(=O)c1ccc2c(c1)OCCO2. The van der Waals surface area contributed by atoms with Gasteiger partial charge < -0.3 is 20.1 Å². The Labute approximate surface area is 123 Å². The van der Waals surface area contributed by atoms with Crippen LogP contribution in [0.4, 0.5) is 0 Å². The topological polar surface area (TPSA) is 76.7 Å². The van der Waals surface area contributed by atoms with Crippen molar-refractivity contribution in [3.8, 4) is 11.5 Å². The average molecular weight is 292 g/mol. The Balaban J connectivity index is 1.93. The van der Waals surface area contributed by atoms with E-state index in [-0.39, 0.29) is 23.9 Å². The van der Waals surface area contributed by atoms with E-state index in [0.29, 0.717) is 30.3 Å². The number of hydrogen-bond acceptors (Lipinski definition) is 4. The van der Waals surface area contributed by atoms with Gasteiger partial charge in [-0.2, -0.15) is 0 Å². The van der Waals surface area contributed by atoms with E-state index in [4.69, 9.17) is 9.47 Å². The molecule has 0 radical (unpaired) electrons. The van der Waals surface area contributed by atoms with Crippen LogP contribution in [0.2, 0.25) is 0 Å². The molecule has 0 unspecified atom stereocenters. The predicted molar refractivity (Wildman–Crippen MR) is 77.7 cm³/mol. The molecule has 1 aliphatic rings. The number of carbonyl (C=O) groups is 2. The average Bonchev–Trinajstić information content (AvgIpc) is 2.42. The molecule has 0 fully saturated rings. The Morgan fingerprint density at radius 3 is 2.48 bits per heavy atom. The number of fused-ring (bicyclic) bond motifs is 1. The molecule has 0 aromatic heterocycles. The molecule has 2 amide bonds. The minimum atomic E-state index is -0.323. The molecule has 1 aromatic rings. The Bertz CT molecular complexity index is 549. The molecule has 21 heavy (non-hydrogen) atoms. The second-order valence-electron chi connectivity index (χ2n) is 5.84. The van der Waals surface area contributed by atoms with Crippen LogP contribution in [0.3, 0.4) is 0 Å². The largest absolute Gasteiger partial charge is 0.486 e. The lowest BCUT2D eigenvalue weighted by Gasteiger charge is -2.21. The highest BCUT2D eigenvalue weighted by Gasteiger charge is 2.17. The van der Waals surface area contributed by atoms with Gasteiger partial charge in [-0.1, -0.05) is 0 Å². The lowest BCUT2D eigenvalue weighted by Crippen LogP contribution is -2.45. The molecule has 1 heterocycles. The molecule has 114 valence electrons.